The molecule has 0 saturated carbocycles. The molecule has 1 aliphatic rings. The molecule has 0 spiro atoms. The molecule has 2 rings (SSSR count). The van der Waals surface area contributed by atoms with Gasteiger partial charge in [0, 0.05) is 45.2 Å². The first-order valence-electron chi connectivity index (χ1n) is 10.3. The van der Waals surface area contributed by atoms with Gasteiger partial charge in [-0.05, 0) is 49.1 Å². The van der Waals surface area contributed by atoms with Crippen molar-refractivity contribution in [3.8, 4) is 0 Å². The Kier molecular flexibility index (Phi) is 9.51. The van der Waals surface area contributed by atoms with E-state index >= 15 is 0 Å². The van der Waals surface area contributed by atoms with Gasteiger partial charge in [0.2, 0.25) is 5.91 Å². The molecule has 0 bridgehead atoms. The number of aromatic nitrogens is 1. The number of pyridine rings is 1. The van der Waals surface area contributed by atoms with E-state index in [1.165, 1.54) is 0 Å². The summed E-state index contributed by atoms with van der Waals surface area (Å²) in [6.07, 6.45) is 7.06. The maximum absolute atomic E-state index is 12.2. The number of β-amino-alcohol motifs (C(OH)–C–C–N with tert-alkyl or cyclic N) is 1. The number of carbonyl (C=O) groups is 2. The summed E-state index contributed by atoms with van der Waals surface area (Å²) < 4.78 is 7.48. The molecule has 0 aliphatic carbocycles. The first kappa shape index (κ1) is 20.7. The van der Waals surface area contributed by atoms with Crippen LogP contribution in [0.2, 0.25) is 0 Å². The van der Waals surface area contributed by atoms with Crippen LogP contribution in [0.3, 0.4) is 0 Å². The number of aliphatic hydroxyl groups excluding tert-OH is 1. The normalized spacial score (nSPS) is 19.9. The summed E-state index contributed by atoms with van der Waals surface area (Å²) in [6.45, 7) is 0.525. The number of nitrogens with zero attached hydrogens (tertiary/aromatic N) is 2. The van der Waals surface area contributed by atoms with Crippen molar-refractivity contribution >= 4 is 33.3 Å². The van der Waals surface area contributed by atoms with Gasteiger partial charge in [-0.25, -0.2) is 4.98 Å². The van der Waals surface area contributed by atoms with Crippen LogP contribution in [-0.4, -0.2) is 51.1 Å². The fourth-order valence-electron chi connectivity index (χ4n) is 3.07. The highest BCUT2D eigenvalue weighted by Gasteiger charge is 2.30. The number of likely N-dealkylation sites (tertiary alicyclic amines) is 1. The molecule has 2 atom stereocenters. The van der Waals surface area contributed by atoms with E-state index in [-0.39, 0.29) is 18.8 Å². The molecule has 0 radical (unpaired) electrons. The van der Waals surface area contributed by atoms with Crippen molar-refractivity contribution in [1.29, 1.82) is 0 Å². The largest absolute Gasteiger partial charge is 0.391 e. The number of hydrogen-bond donors (Lipinski definition) is 1. The molecule has 0 unspecified atom stereocenters. The van der Waals surface area contributed by atoms with Gasteiger partial charge in [0.15, 0.2) is 0 Å². The fraction of sp³-hybridized carbons (Fsp3) is 0.650. The lowest BCUT2D eigenvalue weighted by Gasteiger charge is -2.21. The molecule has 1 aromatic heterocycles. The van der Waals surface area contributed by atoms with Crippen LogP contribution in [0, 0.1) is 0 Å². The smallest absolute Gasteiger partial charge is 0.222 e. The van der Waals surface area contributed by atoms with Gasteiger partial charge in [0.25, 0.3) is 0 Å². The van der Waals surface area contributed by atoms with Crippen LogP contribution >= 0.6 is 21.6 Å². The Morgan fingerprint density at radius 2 is 2.07 bits per heavy atom. The summed E-state index contributed by atoms with van der Waals surface area (Å²) in [7, 11) is 3.26. The van der Waals surface area contributed by atoms with E-state index in [1.54, 1.807) is 32.7 Å². The van der Waals surface area contributed by atoms with Gasteiger partial charge < -0.3 is 10.0 Å². The lowest BCUT2D eigenvalue weighted by molar-refractivity contribution is -0.132. The highest BCUT2D eigenvalue weighted by atomic mass is 33.1. The Morgan fingerprint density at radius 1 is 1.26 bits per heavy atom. The number of aliphatic hydroxyl groups is 1. The number of amides is 1. The molecular weight excluding hydrogens is 380 g/mol. The fourth-order valence-corrected chi connectivity index (χ4v) is 4.98. The molecule has 1 N–H and O–H groups in total. The number of hydrogen-bond acceptors (Lipinski definition) is 6. The first-order chi connectivity index (χ1) is 13.6. The number of rotatable bonds is 12. The predicted octanol–water partition coefficient (Wildman–Crippen LogP) is 4.10. The maximum Gasteiger partial charge on any atom is 0.222 e. The molecule has 27 heavy (non-hydrogen) atoms. The summed E-state index contributed by atoms with van der Waals surface area (Å²) in [5, 5.41) is 10.6. The summed E-state index contributed by atoms with van der Waals surface area (Å²) in [6, 6.07) is 5.67. The minimum atomic E-state index is -0.481. The summed E-state index contributed by atoms with van der Waals surface area (Å²) in [5.74, 6) is 1.15. The van der Waals surface area contributed by atoms with Crippen molar-refractivity contribution in [3.05, 3.63) is 24.4 Å². The second-order valence-corrected chi connectivity index (χ2v) is 9.30. The van der Waals surface area contributed by atoms with Gasteiger partial charge in [-0.2, -0.15) is 0 Å². The summed E-state index contributed by atoms with van der Waals surface area (Å²) in [5.41, 5.74) is 0. The molecule has 2 heterocycles. The van der Waals surface area contributed by atoms with E-state index in [9.17, 15) is 14.7 Å². The van der Waals surface area contributed by atoms with Crippen molar-refractivity contribution in [2.75, 3.05) is 12.3 Å². The highest BCUT2D eigenvalue weighted by molar-refractivity contribution is 8.76. The van der Waals surface area contributed by atoms with Crippen LogP contribution < -0.4 is 0 Å². The molecule has 1 fully saturated rings. The van der Waals surface area contributed by atoms with Crippen molar-refractivity contribution in [1.82, 2.24) is 9.88 Å². The molecule has 1 aromatic rings. The Hall–Kier alpha value is -1.05. The second-order valence-electron chi connectivity index (χ2n) is 6.87. The zero-order chi connectivity index (χ0) is 20.2. The zero-order valence-corrected chi connectivity index (χ0v) is 17.3. The van der Waals surface area contributed by atoms with E-state index in [2.05, 4.69) is 4.98 Å². The predicted molar refractivity (Wildman–Crippen MR) is 112 cm³/mol. The molecule has 1 saturated heterocycles. The van der Waals surface area contributed by atoms with Crippen molar-refractivity contribution in [3.63, 3.8) is 0 Å². The van der Waals surface area contributed by atoms with E-state index < -0.39 is 6.10 Å². The quantitative estimate of drug-likeness (QED) is 0.412. The molecule has 7 heteroatoms. The summed E-state index contributed by atoms with van der Waals surface area (Å²) >= 11 is 0. The van der Waals surface area contributed by atoms with Crippen LogP contribution in [0.5, 0.6) is 0 Å². The van der Waals surface area contributed by atoms with Crippen molar-refractivity contribution in [2.45, 2.75) is 75.4 Å². The van der Waals surface area contributed by atoms with E-state index in [0.29, 0.717) is 38.0 Å². The number of ketones is 1. The van der Waals surface area contributed by atoms with Gasteiger partial charge in [0.1, 0.15) is 10.8 Å². The van der Waals surface area contributed by atoms with Gasteiger partial charge >= 0.3 is 0 Å². The monoisotopic (exact) mass is 412 g/mol. The van der Waals surface area contributed by atoms with Crippen molar-refractivity contribution < 1.29 is 16.1 Å². The Balaban J connectivity index is 1.45. The maximum atomic E-state index is 12.2. The Bertz CT molecular complexity index is 606. The third-order valence-corrected chi connectivity index (χ3v) is 6.82. The number of Topliss-reactive ketones (excluding diaryl/α,β-unsaturated/α-hetero) is 1. The van der Waals surface area contributed by atoms with Gasteiger partial charge in [-0.15, -0.1) is 0 Å². The molecule has 150 valence electrons. The Morgan fingerprint density at radius 3 is 2.81 bits per heavy atom. The van der Waals surface area contributed by atoms with Crippen LogP contribution in [0.15, 0.2) is 29.4 Å². The van der Waals surface area contributed by atoms with Crippen molar-refractivity contribution in [2.24, 2.45) is 0 Å². The second kappa shape index (κ2) is 12.4. The van der Waals surface area contributed by atoms with E-state index in [0.717, 1.165) is 36.5 Å². The molecule has 1 amide bonds. The first-order valence-corrected chi connectivity index (χ1v) is 11.9. The van der Waals surface area contributed by atoms with Gasteiger partial charge in [-0.1, -0.05) is 29.7 Å². The summed E-state index contributed by atoms with van der Waals surface area (Å²) in [4.78, 5) is 30.0. The average molecular weight is 413 g/mol. The average Bonchev–Trinajstić information content (AvgIpc) is 3.09. The molecule has 1 aliphatic heterocycles. The third kappa shape index (κ3) is 8.66. The van der Waals surface area contributed by atoms with Crippen LogP contribution in [-0.2, 0) is 9.59 Å². The lowest BCUT2D eigenvalue weighted by atomic mass is 10.1. The number of carbonyl (C=O) groups excluding carboxylic acids is 2. The zero-order valence-electron chi connectivity index (χ0n) is 16.7. The minimum absolute atomic E-state index is 0.0484. The van der Waals surface area contributed by atoms with Crippen LogP contribution in [0.1, 0.15) is 59.6 Å². The number of unbranched alkanes of at least 4 members (excludes halogenated alkanes) is 3. The molecule has 5 nitrogen and oxygen atoms in total. The van der Waals surface area contributed by atoms with Gasteiger partial charge in [0.05, 0.1) is 6.10 Å². The minimum Gasteiger partial charge on any atom is -0.391 e. The van der Waals surface area contributed by atoms with Gasteiger partial charge in [-0.3, -0.25) is 9.59 Å². The highest BCUT2D eigenvalue weighted by Crippen LogP contribution is 2.29. The lowest BCUT2D eigenvalue weighted by Crippen LogP contribution is -2.34. The van der Waals surface area contributed by atoms with E-state index in [4.69, 9.17) is 1.37 Å². The SMILES string of the molecule is [3H]C[C@@H]1C[C@@H](O)CN1C(=O)CCCCCCC(=O)CCSSc1ccccn1. The van der Waals surface area contributed by atoms with Crippen LogP contribution in [0.4, 0.5) is 0 Å². The third-order valence-electron chi connectivity index (χ3n) is 4.56. The molecule has 0 aromatic carbocycles. The van der Waals surface area contributed by atoms with Crippen LogP contribution in [0.25, 0.3) is 0 Å². The Labute approximate surface area is 171 Å². The standard InChI is InChI=1S/C20H30N2O3S2/c1-16-14-18(24)15-22(16)20(25)10-5-3-2-4-8-17(23)11-13-26-27-19-9-6-7-12-21-19/h6-7,9,12,16,18,24H,2-5,8,10-11,13-15H2,1H3/t16-,18-/m1/s1/i1T. The van der Waals surface area contributed by atoms with E-state index in [1.807, 2.05) is 18.2 Å². The molecular formula is C20H30N2O3S2. The topological polar surface area (TPSA) is 70.5 Å².